The second-order valence-electron chi connectivity index (χ2n) is 4.75. The number of nitro benzene ring substituents is 1. The Morgan fingerprint density at radius 2 is 1.96 bits per heavy atom. The predicted octanol–water partition coefficient (Wildman–Crippen LogP) is 2.98. The SMILES string of the molecule is C=CCN(c1ccccc1OC)S(=O)(=O)c1cccc([N+](=O)[O-])c1. The molecule has 2 aromatic rings. The number of hydrogen-bond acceptors (Lipinski definition) is 5. The molecule has 8 heteroatoms. The molecule has 7 nitrogen and oxygen atoms in total. The highest BCUT2D eigenvalue weighted by molar-refractivity contribution is 7.92. The summed E-state index contributed by atoms with van der Waals surface area (Å²) >= 11 is 0. The molecule has 0 fully saturated rings. The van der Waals surface area contributed by atoms with Crippen LogP contribution < -0.4 is 9.04 Å². The van der Waals surface area contributed by atoms with E-state index in [2.05, 4.69) is 6.58 Å². The number of para-hydroxylation sites is 2. The van der Waals surface area contributed by atoms with Crippen molar-refractivity contribution < 1.29 is 18.1 Å². The normalized spacial score (nSPS) is 10.9. The van der Waals surface area contributed by atoms with Crippen molar-refractivity contribution in [2.75, 3.05) is 18.0 Å². The van der Waals surface area contributed by atoms with E-state index in [1.54, 1.807) is 24.3 Å². The van der Waals surface area contributed by atoms with Crippen molar-refractivity contribution >= 4 is 21.4 Å². The second kappa shape index (κ2) is 7.14. The molecule has 0 spiro atoms. The van der Waals surface area contributed by atoms with Gasteiger partial charge in [-0.1, -0.05) is 24.3 Å². The van der Waals surface area contributed by atoms with Gasteiger partial charge in [-0.25, -0.2) is 8.42 Å². The highest BCUT2D eigenvalue weighted by Gasteiger charge is 2.27. The Balaban J connectivity index is 2.59. The molecule has 0 atom stereocenters. The van der Waals surface area contributed by atoms with Gasteiger partial charge in [-0.15, -0.1) is 6.58 Å². The summed E-state index contributed by atoms with van der Waals surface area (Å²) in [5.74, 6) is 0.369. The van der Waals surface area contributed by atoms with Crippen molar-refractivity contribution in [3.05, 3.63) is 71.3 Å². The monoisotopic (exact) mass is 348 g/mol. The van der Waals surface area contributed by atoms with Gasteiger partial charge in [-0.2, -0.15) is 0 Å². The first-order valence-corrected chi connectivity index (χ1v) is 8.37. The largest absolute Gasteiger partial charge is 0.495 e. The number of nitro groups is 1. The lowest BCUT2D eigenvalue weighted by Crippen LogP contribution is -2.31. The molecule has 0 N–H and O–H groups in total. The molecule has 0 saturated heterocycles. The van der Waals surface area contributed by atoms with Crippen LogP contribution in [0, 0.1) is 10.1 Å². The Morgan fingerprint density at radius 1 is 1.25 bits per heavy atom. The standard InChI is InChI=1S/C16H16N2O5S/c1-3-11-17(15-9-4-5-10-16(15)23-2)24(21,22)14-8-6-7-13(12-14)18(19)20/h3-10,12H,1,11H2,2H3. The van der Waals surface area contributed by atoms with E-state index in [4.69, 9.17) is 4.74 Å². The van der Waals surface area contributed by atoms with Gasteiger partial charge in [0.15, 0.2) is 0 Å². The zero-order valence-corrected chi connectivity index (χ0v) is 13.8. The molecular weight excluding hydrogens is 332 g/mol. The number of rotatable bonds is 7. The molecule has 2 aromatic carbocycles. The lowest BCUT2D eigenvalue weighted by Gasteiger charge is -2.24. The fourth-order valence-electron chi connectivity index (χ4n) is 2.16. The van der Waals surface area contributed by atoms with Crippen molar-refractivity contribution in [2.24, 2.45) is 0 Å². The molecule has 126 valence electrons. The van der Waals surface area contributed by atoms with Crippen molar-refractivity contribution in [3.8, 4) is 5.75 Å². The average molecular weight is 348 g/mol. The fourth-order valence-corrected chi connectivity index (χ4v) is 3.65. The zero-order valence-electron chi connectivity index (χ0n) is 13.0. The second-order valence-corrected chi connectivity index (χ2v) is 6.61. The van der Waals surface area contributed by atoms with Gasteiger partial charge < -0.3 is 4.74 Å². The van der Waals surface area contributed by atoms with Crippen LogP contribution in [0.4, 0.5) is 11.4 Å². The van der Waals surface area contributed by atoms with Crippen LogP contribution in [0.1, 0.15) is 0 Å². The lowest BCUT2D eigenvalue weighted by molar-refractivity contribution is -0.385. The Bertz CT molecular complexity index is 864. The van der Waals surface area contributed by atoms with Crippen LogP contribution in [0.15, 0.2) is 66.1 Å². The summed E-state index contributed by atoms with van der Waals surface area (Å²) in [6.07, 6.45) is 1.43. The quantitative estimate of drug-likeness (QED) is 0.436. The van der Waals surface area contributed by atoms with Crippen LogP contribution in [-0.4, -0.2) is 27.0 Å². The number of anilines is 1. The summed E-state index contributed by atoms with van der Waals surface area (Å²) in [4.78, 5) is 10.1. The summed E-state index contributed by atoms with van der Waals surface area (Å²) in [5.41, 5.74) is 0.0288. The van der Waals surface area contributed by atoms with Crippen molar-refractivity contribution in [2.45, 2.75) is 4.90 Å². The highest BCUT2D eigenvalue weighted by atomic mass is 32.2. The Hall–Kier alpha value is -2.87. The van der Waals surface area contributed by atoms with Crippen LogP contribution in [0.2, 0.25) is 0 Å². The van der Waals surface area contributed by atoms with Gasteiger partial charge in [0.25, 0.3) is 15.7 Å². The third-order valence-corrected chi connectivity index (χ3v) is 5.04. The molecular formula is C16H16N2O5S. The van der Waals surface area contributed by atoms with Gasteiger partial charge in [0.2, 0.25) is 0 Å². The predicted molar refractivity (Wildman–Crippen MR) is 90.8 cm³/mol. The van der Waals surface area contributed by atoms with Gasteiger partial charge in [0.05, 0.1) is 29.2 Å². The Morgan fingerprint density at radius 3 is 2.58 bits per heavy atom. The topological polar surface area (TPSA) is 89.8 Å². The number of ether oxygens (including phenoxy) is 1. The Kier molecular flexibility index (Phi) is 5.20. The summed E-state index contributed by atoms with van der Waals surface area (Å²) in [5, 5.41) is 10.9. The van der Waals surface area contributed by atoms with Gasteiger partial charge in [0, 0.05) is 12.1 Å². The number of hydrogen-bond donors (Lipinski definition) is 0. The van der Waals surface area contributed by atoms with Crippen LogP contribution in [0.3, 0.4) is 0 Å². The first-order chi connectivity index (χ1) is 11.4. The molecule has 0 aromatic heterocycles. The first kappa shape index (κ1) is 17.5. The molecule has 24 heavy (non-hydrogen) atoms. The molecule has 0 bridgehead atoms. The van der Waals surface area contributed by atoms with Gasteiger partial charge >= 0.3 is 0 Å². The van der Waals surface area contributed by atoms with Gasteiger partial charge in [-0.3, -0.25) is 14.4 Å². The number of benzene rings is 2. The molecule has 0 aliphatic heterocycles. The minimum atomic E-state index is -4.03. The molecule has 0 heterocycles. The zero-order chi connectivity index (χ0) is 17.7. The number of sulfonamides is 1. The van der Waals surface area contributed by atoms with Crippen molar-refractivity contribution in [3.63, 3.8) is 0 Å². The van der Waals surface area contributed by atoms with Crippen LogP contribution in [0.25, 0.3) is 0 Å². The number of non-ortho nitro benzene ring substituents is 1. The Labute approximate surface area is 140 Å². The van der Waals surface area contributed by atoms with Crippen LogP contribution in [-0.2, 0) is 10.0 Å². The summed E-state index contributed by atoms with van der Waals surface area (Å²) in [7, 11) is -2.59. The van der Waals surface area contributed by atoms with Crippen LogP contribution >= 0.6 is 0 Å². The van der Waals surface area contributed by atoms with E-state index < -0.39 is 14.9 Å². The molecule has 0 saturated carbocycles. The number of methoxy groups -OCH3 is 1. The van der Waals surface area contributed by atoms with Crippen molar-refractivity contribution in [1.82, 2.24) is 0 Å². The van der Waals surface area contributed by atoms with Crippen molar-refractivity contribution in [1.29, 1.82) is 0 Å². The molecule has 2 rings (SSSR count). The third-order valence-electron chi connectivity index (χ3n) is 3.27. The summed E-state index contributed by atoms with van der Waals surface area (Å²) in [6.45, 7) is 3.57. The molecule has 0 radical (unpaired) electrons. The van der Waals surface area contributed by atoms with Crippen LogP contribution in [0.5, 0.6) is 5.75 Å². The summed E-state index contributed by atoms with van der Waals surface area (Å²) in [6, 6.07) is 11.5. The van der Waals surface area contributed by atoms with E-state index in [0.717, 1.165) is 10.4 Å². The minimum absolute atomic E-state index is 0.00853. The minimum Gasteiger partial charge on any atom is -0.495 e. The smallest absolute Gasteiger partial charge is 0.270 e. The van der Waals surface area contributed by atoms with Gasteiger partial charge in [0.1, 0.15) is 5.75 Å². The van der Waals surface area contributed by atoms with E-state index in [-0.39, 0.29) is 17.1 Å². The fraction of sp³-hybridized carbons (Fsp3) is 0.125. The van der Waals surface area contributed by atoms with E-state index in [0.29, 0.717) is 11.4 Å². The van der Waals surface area contributed by atoms with E-state index in [1.165, 1.54) is 31.4 Å². The molecule has 0 aliphatic carbocycles. The van der Waals surface area contributed by atoms with E-state index in [1.807, 2.05) is 0 Å². The molecule has 0 unspecified atom stereocenters. The maximum absolute atomic E-state index is 13.0. The van der Waals surface area contributed by atoms with E-state index in [9.17, 15) is 18.5 Å². The van der Waals surface area contributed by atoms with Gasteiger partial charge in [-0.05, 0) is 18.2 Å². The summed E-state index contributed by atoms with van der Waals surface area (Å²) < 4.78 is 32.2. The number of nitrogens with zero attached hydrogens (tertiary/aromatic N) is 2. The third kappa shape index (κ3) is 3.38. The molecule has 0 amide bonds. The first-order valence-electron chi connectivity index (χ1n) is 6.93. The maximum Gasteiger partial charge on any atom is 0.270 e. The average Bonchev–Trinajstić information content (AvgIpc) is 2.59. The maximum atomic E-state index is 13.0. The van der Waals surface area contributed by atoms with E-state index >= 15 is 0 Å². The molecule has 0 aliphatic rings. The highest BCUT2D eigenvalue weighted by Crippen LogP contribution is 2.32. The lowest BCUT2D eigenvalue weighted by atomic mass is 10.3.